The van der Waals surface area contributed by atoms with Gasteiger partial charge in [0.2, 0.25) is 0 Å². The van der Waals surface area contributed by atoms with E-state index in [1.54, 1.807) is 7.11 Å². The van der Waals surface area contributed by atoms with Gasteiger partial charge < -0.3 is 14.8 Å². The molecule has 0 atom stereocenters. The average molecular weight is 299 g/mol. The van der Waals surface area contributed by atoms with Gasteiger partial charge in [-0.15, -0.1) is 0 Å². The second kappa shape index (κ2) is 9.23. The highest BCUT2D eigenvalue weighted by Crippen LogP contribution is 2.14. The standard InChI is InChI=1S/C19H25NO2/c1-16-5-3-6-18(13-16)15-22-19-9-7-17(8-10-19)14-20-11-4-12-21-2/h3,5-10,13,20H,4,11-12,14-15H2,1-2H3. The van der Waals surface area contributed by atoms with Crippen molar-refractivity contribution in [1.82, 2.24) is 5.32 Å². The van der Waals surface area contributed by atoms with Crippen LogP contribution in [0.5, 0.6) is 5.75 Å². The van der Waals surface area contributed by atoms with E-state index >= 15 is 0 Å². The topological polar surface area (TPSA) is 30.5 Å². The van der Waals surface area contributed by atoms with Gasteiger partial charge >= 0.3 is 0 Å². The number of rotatable bonds is 9. The molecule has 3 heteroatoms. The van der Waals surface area contributed by atoms with Crippen LogP contribution in [0.3, 0.4) is 0 Å². The minimum absolute atomic E-state index is 0.607. The third-order valence-electron chi connectivity index (χ3n) is 3.44. The third-order valence-corrected chi connectivity index (χ3v) is 3.44. The molecule has 0 fully saturated rings. The van der Waals surface area contributed by atoms with Crippen LogP contribution in [-0.4, -0.2) is 20.3 Å². The summed E-state index contributed by atoms with van der Waals surface area (Å²) in [5.41, 5.74) is 3.72. The van der Waals surface area contributed by atoms with E-state index in [4.69, 9.17) is 9.47 Å². The van der Waals surface area contributed by atoms with E-state index in [9.17, 15) is 0 Å². The van der Waals surface area contributed by atoms with Crippen molar-refractivity contribution in [2.45, 2.75) is 26.5 Å². The number of aryl methyl sites for hydroxylation is 1. The van der Waals surface area contributed by atoms with Crippen LogP contribution < -0.4 is 10.1 Å². The quantitative estimate of drug-likeness (QED) is 0.716. The summed E-state index contributed by atoms with van der Waals surface area (Å²) < 4.78 is 10.8. The molecule has 2 rings (SSSR count). The van der Waals surface area contributed by atoms with Gasteiger partial charge in [-0.3, -0.25) is 0 Å². The number of methoxy groups -OCH3 is 1. The molecular weight excluding hydrogens is 274 g/mol. The summed E-state index contributed by atoms with van der Waals surface area (Å²) in [6.45, 7) is 5.36. The maximum absolute atomic E-state index is 5.82. The van der Waals surface area contributed by atoms with Gasteiger partial charge in [0.25, 0.3) is 0 Å². The van der Waals surface area contributed by atoms with Crippen molar-refractivity contribution in [2.75, 3.05) is 20.3 Å². The number of nitrogens with one attached hydrogen (secondary N) is 1. The third kappa shape index (κ3) is 5.88. The molecule has 0 unspecified atom stereocenters. The van der Waals surface area contributed by atoms with Crippen molar-refractivity contribution in [1.29, 1.82) is 0 Å². The summed E-state index contributed by atoms with van der Waals surface area (Å²) >= 11 is 0. The van der Waals surface area contributed by atoms with E-state index in [-0.39, 0.29) is 0 Å². The molecule has 0 spiro atoms. The Balaban J connectivity index is 1.74. The van der Waals surface area contributed by atoms with Gasteiger partial charge in [-0.05, 0) is 43.1 Å². The van der Waals surface area contributed by atoms with E-state index in [1.807, 2.05) is 12.1 Å². The average Bonchev–Trinajstić information content (AvgIpc) is 2.54. The van der Waals surface area contributed by atoms with E-state index in [0.29, 0.717) is 6.61 Å². The van der Waals surface area contributed by atoms with Gasteiger partial charge in [-0.25, -0.2) is 0 Å². The Bertz CT molecular complexity index is 552. The maximum Gasteiger partial charge on any atom is 0.119 e. The molecule has 0 aliphatic rings. The van der Waals surface area contributed by atoms with Crippen LogP contribution in [0.4, 0.5) is 0 Å². The van der Waals surface area contributed by atoms with Gasteiger partial charge in [0.15, 0.2) is 0 Å². The van der Waals surface area contributed by atoms with Crippen LogP contribution in [0.1, 0.15) is 23.1 Å². The van der Waals surface area contributed by atoms with Crippen LogP contribution in [0.15, 0.2) is 48.5 Å². The highest BCUT2D eigenvalue weighted by Gasteiger charge is 1.98. The summed E-state index contributed by atoms with van der Waals surface area (Å²) in [7, 11) is 1.73. The van der Waals surface area contributed by atoms with Crippen LogP contribution in [0, 0.1) is 6.92 Å². The fourth-order valence-electron chi connectivity index (χ4n) is 2.25. The fourth-order valence-corrected chi connectivity index (χ4v) is 2.25. The number of benzene rings is 2. The second-order valence-corrected chi connectivity index (χ2v) is 5.44. The minimum atomic E-state index is 0.607. The summed E-state index contributed by atoms with van der Waals surface area (Å²) in [4.78, 5) is 0. The van der Waals surface area contributed by atoms with E-state index in [0.717, 1.165) is 31.9 Å². The minimum Gasteiger partial charge on any atom is -0.489 e. The zero-order valence-corrected chi connectivity index (χ0v) is 13.5. The van der Waals surface area contributed by atoms with Crippen LogP contribution in [0.2, 0.25) is 0 Å². The van der Waals surface area contributed by atoms with Crippen LogP contribution in [0.25, 0.3) is 0 Å². The largest absolute Gasteiger partial charge is 0.489 e. The molecular formula is C19H25NO2. The SMILES string of the molecule is COCCCNCc1ccc(OCc2cccc(C)c2)cc1. The van der Waals surface area contributed by atoms with Gasteiger partial charge in [-0.2, -0.15) is 0 Å². The van der Waals surface area contributed by atoms with Gasteiger partial charge in [-0.1, -0.05) is 42.0 Å². The molecule has 22 heavy (non-hydrogen) atoms. The molecule has 0 radical (unpaired) electrons. The van der Waals surface area contributed by atoms with Crippen molar-refractivity contribution >= 4 is 0 Å². The van der Waals surface area contributed by atoms with Crippen molar-refractivity contribution in [3.8, 4) is 5.75 Å². The molecule has 0 aliphatic heterocycles. The van der Waals surface area contributed by atoms with Crippen molar-refractivity contribution < 1.29 is 9.47 Å². The zero-order valence-electron chi connectivity index (χ0n) is 13.5. The van der Waals surface area contributed by atoms with E-state index < -0.39 is 0 Å². The number of hydrogen-bond acceptors (Lipinski definition) is 3. The van der Waals surface area contributed by atoms with E-state index in [1.165, 1.54) is 16.7 Å². The smallest absolute Gasteiger partial charge is 0.119 e. The molecule has 0 aliphatic carbocycles. The lowest BCUT2D eigenvalue weighted by Gasteiger charge is -2.09. The lowest BCUT2D eigenvalue weighted by atomic mass is 10.1. The first-order chi connectivity index (χ1) is 10.8. The molecule has 3 nitrogen and oxygen atoms in total. The summed E-state index contributed by atoms with van der Waals surface area (Å²) in [6, 6.07) is 16.7. The molecule has 0 aromatic heterocycles. The van der Waals surface area contributed by atoms with Crippen molar-refractivity contribution in [3.63, 3.8) is 0 Å². The zero-order chi connectivity index (χ0) is 15.6. The Morgan fingerprint density at radius 1 is 1.00 bits per heavy atom. The number of ether oxygens (including phenoxy) is 2. The Morgan fingerprint density at radius 3 is 2.55 bits per heavy atom. The first-order valence-electron chi connectivity index (χ1n) is 7.75. The summed E-state index contributed by atoms with van der Waals surface area (Å²) in [5.74, 6) is 0.907. The Morgan fingerprint density at radius 2 is 1.82 bits per heavy atom. The Kier molecular flexibility index (Phi) is 6.94. The summed E-state index contributed by atoms with van der Waals surface area (Å²) in [5, 5.41) is 3.40. The van der Waals surface area contributed by atoms with E-state index in [2.05, 4.69) is 48.6 Å². The van der Waals surface area contributed by atoms with Gasteiger partial charge in [0.05, 0.1) is 0 Å². The Labute approximate surface area is 133 Å². The van der Waals surface area contributed by atoms with Crippen molar-refractivity contribution in [2.24, 2.45) is 0 Å². The molecule has 0 saturated carbocycles. The molecule has 2 aromatic carbocycles. The molecule has 2 aromatic rings. The highest BCUT2D eigenvalue weighted by molar-refractivity contribution is 5.28. The summed E-state index contributed by atoms with van der Waals surface area (Å²) in [6.07, 6.45) is 1.04. The predicted molar refractivity (Wildman–Crippen MR) is 90.2 cm³/mol. The predicted octanol–water partition coefficient (Wildman–Crippen LogP) is 3.70. The lowest BCUT2D eigenvalue weighted by molar-refractivity contribution is 0.194. The highest BCUT2D eigenvalue weighted by atomic mass is 16.5. The number of hydrogen-bond donors (Lipinski definition) is 1. The molecule has 118 valence electrons. The van der Waals surface area contributed by atoms with Gasteiger partial charge in [0, 0.05) is 20.3 Å². The maximum atomic E-state index is 5.82. The van der Waals surface area contributed by atoms with Crippen LogP contribution >= 0.6 is 0 Å². The monoisotopic (exact) mass is 299 g/mol. The lowest BCUT2D eigenvalue weighted by Crippen LogP contribution is -2.15. The molecule has 0 heterocycles. The fraction of sp³-hybridized carbons (Fsp3) is 0.368. The second-order valence-electron chi connectivity index (χ2n) is 5.44. The molecule has 0 saturated heterocycles. The van der Waals surface area contributed by atoms with Gasteiger partial charge in [0.1, 0.15) is 12.4 Å². The van der Waals surface area contributed by atoms with Crippen LogP contribution in [-0.2, 0) is 17.9 Å². The van der Waals surface area contributed by atoms with Crippen molar-refractivity contribution in [3.05, 3.63) is 65.2 Å². The molecule has 1 N–H and O–H groups in total. The Hall–Kier alpha value is -1.84. The molecule has 0 amide bonds. The first kappa shape index (κ1) is 16.5. The first-order valence-corrected chi connectivity index (χ1v) is 7.75. The normalized spacial score (nSPS) is 10.6. The molecule has 0 bridgehead atoms.